The zero-order valence-corrected chi connectivity index (χ0v) is 17.5. The van der Waals surface area contributed by atoms with Crippen molar-refractivity contribution in [2.45, 2.75) is 37.8 Å². The molecular weight excluding hydrogens is 382 g/mol. The Kier molecular flexibility index (Phi) is 5.28. The number of likely N-dealkylation sites (N-methyl/N-ethyl adjacent to an activating group) is 1. The van der Waals surface area contributed by atoms with Gasteiger partial charge in [0, 0.05) is 63.9 Å². The fourth-order valence-electron chi connectivity index (χ4n) is 4.38. The number of hydrogen-bond acceptors (Lipinski definition) is 8. The molecule has 30 heavy (non-hydrogen) atoms. The first kappa shape index (κ1) is 19.3. The second kappa shape index (κ2) is 8.22. The maximum atomic E-state index is 12.9. The third-order valence-electron chi connectivity index (χ3n) is 6.31. The van der Waals surface area contributed by atoms with E-state index in [0.717, 1.165) is 76.8 Å². The molecule has 0 bridgehead atoms. The van der Waals surface area contributed by atoms with E-state index in [9.17, 15) is 4.79 Å². The van der Waals surface area contributed by atoms with Crippen molar-refractivity contribution < 1.29 is 4.74 Å². The van der Waals surface area contributed by atoms with Crippen LogP contribution in [-0.4, -0.2) is 72.0 Å². The van der Waals surface area contributed by atoms with Gasteiger partial charge in [0.15, 0.2) is 5.82 Å². The molecule has 0 radical (unpaired) electrons. The normalized spacial score (nSPS) is 22.2. The van der Waals surface area contributed by atoms with E-state index in [2.05, 4.69) is 24.7 Å². The minimum Gasteiger partial charge on any atom is -0.378 e. The predicted molar refractivity (Wildman–Crippen MR) is 115 cm³/mol. The second-order valence-electron chi connectivity index (χ2n) is 8.36. The van der Waals surface area contributed by atoms with E-state index in [-0.39, 0.29) is 11.6 Å². The Balaban J connectivity index is 1.33. The summed E-state index contributed by atoms with van der Waals surface area (Å²) in [6, 6.07) is 2.55. The summed E-state index contributed by atoms with van der Waals surface area (Å²) >= 11 is 0. The number of rotatable bonds is 5. The molecule has 0 spiro atoms. The van der Waals surface area contributed by atoms with Crippen molar-refractivity contribution in [3.8, 4) is 0 Å². The Labute approximate surface area is 176 Å². The summed E-state index contributed by atoms with van der Waals surface area (Å²) in [5.74, 6) is 2.24. The van der Waals surface area contributed by atoms with Crippen LogP contribution < -0.4 is 20.3 Å². The molecule has 160 valence electrons. The molecule has 0 aromatic carbocycles. The van der Waals surface area contributed by atoms with Crippen LogP contribution in [0.25, 0.3) is 0 Å². The van der Waals surface area contributed by atoms with Gasteiger partial charge in [0.05, 0.1) is 13.2 Å². The fourth-order valence-corrected chi connectivity index (χ4v) is 4.38. The van der Waals surface area contributed by atoms with Crippen LogP contribution in [0.2, 0.25) is 0 Å². The summed E-state index contributed by atoms with van der Waals surface area (Å²) in [7, 11) is 2.05. The molecule has 3 aliphatic rings. The Morgan fingerprint density at radius 3 is 2.70 bits per heavy atom. The minimum absolute atomic E-state index is 0.0360. The van der Waals surface area contributed by atoms with E-state index < -0.39 is 0 Å². The lowest BCUT2D eigenvalue weighted by Crippen LogP contribution is -2.49. The highest BCUT2D eigenvalue weighted by Gasteiger charge is 2.30. The molecular formula is C21H29N7O2. The van der Waals surface area contributed by atoms with E-state index in [1.807, 2.05) is 30.1 Å². The van der Waals surface area contributed by atoms with Crippen molar-refractivity contribution in [2.75, 3.05) is 61.1 Å². The highest BCUT2D eigenvalue weighted by atomic mass is 16.5. The third kappa shape index (κ3) is 3.86. The molecule has 5 rings (SSSR count). The van der Waals surface area contributed by atoms with Crippen LogP contribution in [0.1, 0.15) is 31.7 Å². The van der Waals surface area contributed by atoms with E-state index in [1.54, 1.807) is 6.20 Å². The van der Waals surface area contributed by atoms with E-state index in [4.69, 9.17) is 9.72 Å². The first-order valence-electron chi connectivity index (χ1n) is 10.9. The highest BCUT2D eigenvalue weighted by molar-refractivity contribution is 5.45. The Morgan fingerprint density at radius 1 is 1.07 bits per heavy atom. The molecule has 1 saturated carbocycles. The van der Waals surface area contributed by atoms with Crippen molar-refractivity contribution in [1.29, 1.82) is 0 Å². The number of hydrogen-bond donors (Lipinski definition) is 0. The van der Waals surface area contributed by atoms with Crippen molar-refractivity contribution in [3.63, 3.8) is 0 Å². The van der Waals surface area contributed by atoms with E-state index in [1.165, 1.54) is 0 Å². The summed E-state index contributed by atoms with van der Waals surface area (Å²) in [6.07, 6.45) is 9.65. The van der Waals surface area contributed by atoms with Crippen LogP contribution in [-0.2, 0) is 4.74 Å². The van der Waals surface area contributed by atoms with Crippen LogP contribution >= 0.6 is 0 Å². The van der Waals surface area contributed by atoms with Crippen molar-refractivity contribution in [2.24, 2.45) is 0 Å². The number of piperidine rings is 1. The molecule has 1 aliphatic carbocycles. The number of morpholine rings is 1. The Hall–Kier alpha value is -2.68. The van der Waals surface area contributed by atoms with Gasteiger partial charge in [0.25, 0.3) is 5.56 Å². The molecule has 4 heterocycles. The van der Waals surface area contributed by atoms with Gasteiger partial charge in [-0.2, -0.15) is 4.98 Å². The van der Waals surface area contributed by atoms with Crippen molar-refractivity contribution >= 4 is 17.6 Å². The van der Waals surface area contributed by atoms with Crippen LogP contribution in [0, 0.1) is 0 Å². The minimum atomic E-state index is 0.0360. The Bertz CT molecular complexity index is 939. The summed E-state index contributed by atoms with van der Waals surface area (Å²) in [4.78, 5) is 33.2. The first-order chi connectivity index (χ1) is 14.7. The van der Waals surface area contributed by atoms with E-state index >= 15 is 0 Å². The molecule has 2 aromatic heterocycles. The maximum Gasteiger partial charge on any atom is 0.293 e. The topological polar surface area (TPSA) is 79.6 Å². The van der Waals surface area contributed by atoms with Crippen LogP contribution in [0.15, 0.2) is 29.5 Å². The van der Waals surface area contributed by atoms with Crippen molar-refractivity contribution in [3.05, 3.63) is 35.0 Å². The summed E-state index contributed by atoms with van der Waals surface area (Å²) in [6.45, 7) is 4.77. The largest absolute Gasteiger partial charge is 0.378 e. The van der Waals surface area contributed by atoms with Gasteiger partial charge in [0.1, 0.15) is 5.82 Å². The molecule has 0 amide bonds. The van der Waals surface area contributed by atoms with Gasteiger partial charge in [-0.3, -0.25) is 4.79 Å². The lowest BCUT2D eigenvalue weighted by Gasteiger charge is -2.38. The fraction of sp³-hybridized carbons (Fsp3) is 0.619. The van der Waals surface area contributed by atoms with Crippen LogP contribution in [0.5, 0.6) is 0 Å². The number of nitrogens with zero attached hydrogens (tertiary/aromatic N) is 7. The molecule has 1 unspecified atom stereocenters. The predicted octanol–water partition coefficient (Wildman–Crippen LogP) is 1.31. The zero-order valence-electron chi connectivity index (χ0n) is 17.5. The molecule has 1 atom stereocenters. The molecule has 9 nitrogen and oxygen atoms in total. The van der Waals surface area contributed by atoms with Gasteiger partial charge in [0.2, 0.25) is 5.95 Å². The average Bonchev–Trinajstić information content (AvgIpc) is 3.65. The monoisotopic (exact) mass is 411 g/mol. The molecule has 2 aromatic rings. The average molecular weight is 412 g/mol. The highest BCUT2D eigenvalue weighted by Crippen LogP contribution is 2.33. The number of aromatic nitrogens is 4. The van der Waals surface area contributed by atoms with Crippen molar-refractivity contribution in [1.82, 2.24) is 19.5 Å². The summed E-state index contributed by atoms with van der Waals surface area (Å²) < 4.78 is 7.30. The molecule has 2 aliphatic heterocycles. The van der Waals surface area contributed by atoms with Gasteiger partial charge in [-0.05, 0) is 31.7 Å². The SMILES string of the molecule is CN(c1nccc(N2CCOCC2)n1)C1CCCN(c2nccn(C3CC3)c2=O)C1. The van der Waals surface area contributed by atoms with Gasteiger partial charge in [-0.25, -0.2) is 9.97 Å². The zero-order chi connectivity index (χ0) is 20.5. The van der Waals surface area contributed by atoms with Gasteiger partial charge in [-0.1, -0.05) is 0 Å². The van der Waals surface area contributed by atoms with E-state index in [0.29, 0.717) is 11.9 Å². The van der Waals surface area contributed by atoms with Gasteiger partial charge in [-0.15, -0.1) is 0 Å². The summed E-state index contributed by atoms with van der Waals surface area (Å²) in [5, 5.41) is 0. The number of anilines is 3. The lowest BCUT2D eigenvalue weighted by molar-refractivity contribution is 0.122. The number of ether oxygens (including phenoxy) is 1. The van der Waals surface area contributed by atoms with Gasteiger partial charge < -0.3 is 24.0 Å². The Morgan fingerprint density at radius 2 is 1.90 bits per heavy atom. The standard InChI is InChI=1S/C21H29N7O2/c1-25(21-23-7-6-18(24-21)26-11-13-30-14-12-26)17-3-2-9-27(15-17)19-20(29)28(10-8-22-19)16-4-5-16/h6-8,10,16-17H,2-5,9,11-15H2,1H3. The molecule has 3 fully saturated rings. The molecule has 0 N–H and O–H groups in total. The maximum absolute atomic E-state index is 12.9. The molecule has 2 saturated heterocycles. The molecule has 9 heteroatoms. The van der Waals surface area contributed by atoms with Crippen LogP contribution in [0.4, 0.5) is 17.6 Å². The third-order valence-corrected chi connectivity index (χ3v) is 6.31. The summed E-state index contributed by atoms with van der Waals surface area (Å²) in [5.41, 5.74) is 0.0360. The lowest BCUT2D eigenvalue weighted by atomic mass is 10.0. The first-order valence-corrected chi connectivity index (χ1v) is 10.9. The smallest absolute Gasteiger partial charge is 0.293 e. The van der Waals surface area contributed by atoms with Gasteiger partial charge >= 0.3 is 0 Å². The second-order valence-corrected chi connectivity index (χ2v) is 8.36. The quantitative estimate of drug-likeness (QED) is 0.729. The van der Waals surface area contributed by atoms with Crippen LogP contribution in [0.3, 0.4) is 0 Å².